The SMILES string of the molecule is CC(C)C[C@@H]1NC(=O)[C@H](Cc2ccccc2)N(C)C(=O)[C@H]2CCCN2C(=O)[C@H](CC(C)C)NC(=O)[C@H](C)N(C)C(=O)[C@H]([C@@H](C)O)NC(=O)[C@H](Cc2ccccc2)N(C)C(=O)[C@H]2CCCN2C(=O)[C@H](CC(C)C)NC(=O)[C@H](C)N(C)C1=O. The maximum absolute atomic E-state index is 14.9. The number of amides is 10. The van der Waals surface area contributed by atoms with Crippen LogP contribution in [0.3, 0.4) is 0 Å². The highest BCUT2D eigenvalue weighted by molar-refractivity contribution is 6.00. The molecule has 2 aromatic carbocycles. The normalized spacial score (nSPS) is 27.6. The molecule has 2 aromatic rings. The molecule has 21 nitrogen and oxygen atoms in total. The van der Waals surface area contributed by atoms with E-state index in [0.717, 1.165) is 10.5 Å². The van der Waals surface area contributed by atoms with Crippen molar-refractivity contribution in [2.45, 2.75) is 187 Å². The summed E-state index contributed by atoms with van der Waals surface area (Å²) in [6.07, 6.45) is 0.398. The smallest absolute Gasteiger partial charge is 0.248 e. The predicted molar refractivity (Wildman–Crippen MR) is 305 cm³/mol. The zero-order valence-corrected chi connectivity index (χ0v) is 49.8. The number of hydrogen-bond acceptors (Lipinski definition) is 11. The van der Waals surface area contributed by atoms with Gasteiger partial charge in [-0.2, -0.15) is 0 Å². The lowest BCUT2D eigenvalue weighted by Gasteiger charge is -2.37. The number of fused-ring (bicyclic) bond motifs is 2. The van der Waals surface area contributed by atoms with Crippen LogP contribution >= 0.6 is 0 Å². The molecule has 0 bridgehead atoms. The van der Waals surface area contributed by atoms with E-state index >= 15 is 0 Å². The number of carbonyl (C=O) groups is 10. The van der Waals surface area contributed by atoms with Gasteiger partial charge in [-0.3, -0.25) is 47.9 Å². The van der Waals surface area contributed by atoms with E-state index in [-0.39, 0.29) is 75.8 Å². The van der Waals surface area contributed by atoms with Crippen LogP contribution in [0, 0.1) is 17.8 Å². The van der Waals surface area contributed by atoms with Crippen LogP contribution in [0.4, 0.5) is 0 Å². The van der Waals surface area contributed by atoms with Crippen molar-refractivity contribution in [1.29, 1.82) is 0 Å². The molecule has 3 aliphatic rings. The minimum Gasteiger partial charge on any atom is -0.391 e. The van der Waals surface area contributed by atoms with E-state index in [1.165, 1.54) is 73.5 Å². The van der Waals surface area contributed by atoms with Crippen LogP contribution in [0.5, 0.6) is 0 Å². The summed E-state index contributed by atoms with van der Waals surface area (Å²) in [6, 6.07) is 5.93. The Labute approximate surface area is 478 Å². The fourth-order valence-electron chi connectivity index (χ4n) is 11.0. The van der Waals surface area contributed by atoms with Crippen molar-refractivity contribution in [2.24, 2.45) is 17.8 Å². The van der Waals surface area contributed by atoms with E-state index in [2.05, 4.69) is 21.3 Å². The van der Waals surface area contributed by atoms with Crippen molar-refractivity contribution in [3.63, 3.8) is 0 Å². The van der Waals surface area contributed by atoms with Crippen molar-refractivity contribution in [2.75, 3.05) is 41.3 Å². The molecular formula is C60H90N10O11. The number of nitrogens with zero attached hydrogens (tertiary/aromatic N) is 6. The average Bonchev–Trinajstić information content (AvgIpc) is 4.15. The predicted octanol–water partition coefficient (Wildman–Crippen LogP) is 2.27. The Kier molecular flexibility index (Phi) is 23.4. The molecule has 3 heterocycles. The highest BCUT2D eigenvalue weighted by Crippen LogP contribution is 2.26. The van der Waals surface area contributed by atoms with E-state index in [1.54, 1.807) is 42.5 Å². The highest BCUT2D eigenvalue weighted by atomic mass is 16.3. The third-order valence-corrected chi connectivity index (χ3v) is 16.0. The Hall–Kier alpha value is -6.90. The fourth-order valence-corrected chi connectivity index (χ4v) is 11.0. The summed E-state index contributed by atoms with van der Waals surface area (Å²) >= 11 is 0. The van der Waals surface area contributed by atoms with Gasteiger partial charge in [0.05, 0.1) is 6.10 Å². The van der Waals surface area contributed by atoms with E-state index < -0.39 is 126 Å². The van der Waals surface area contributed by atoms with Gasteiger partial charge in [0.15, 0.2) is 0 Å². The standard InChI is InChI=1S/C60H90N10O11/c1-35(2)30-43-55(76)65(10)38(7)51(72)61-44(31-36(3)4)56(77)70-29-21-27-47(70)59(80)68(13)49(34-42-24-18-15-19-25-42)54(75)64-50(40(9)71)60(81)66(11)39(8)52(73)62-45(32-37(5)6)57(78)69-28-20-26-46(69)58(79)67(12)48(53(74)63-43)33-41-22-16-14-17-23-41/h14-19,22-25,35-40,43-50,71H,20-21,26-34H2,1-13H3,(H,61,72)(H,62,73)(H,63,74)(H,64,75)/t38-,39-,40+,43-,44-,45-,46+,47+,48-,49-,50-/m0/s1. The maximum Gasteiger partial charge on any atom is 0.248 e. The van der Waals surface area contributed by atoms with E-state index in [4.69, 9.17) is 0 Å². The highest BCUT2D eigenvalue weighted by Gasteiger charge is 2.45. The van der Waals surface area contributed by atoms with Gasteiger partial charge in [-0.25, -0.2) is 0 Å². The maximum atomic E-state index is 14.9. The zero-order chi connectivity index (χ0) is 60.2. The molecule has 3 fully saturated rings. The Morgan fingerprint density at radius 3 is 1.14 bits per heavy atom. The first-order chi connectivity index (χ1) is 38.1. The molecule has 0 aliphatic carbocycles. The molecule has 11 atom stereocenters. The topological polar surface area (TPSA) is 258 Å². The first-order valence-electron chi connectivity index (χ1n) is 28.8. The van der Waals surface area contributed by atoms with Crippen LogP contribution in [-0.4, -0.2) is 201 Å². The molecule has 81 heavy (non-hydrogen) atoms. The lowest BCUT2D eigenvalue weighted by atomic mass is 9.99. The minimum absolute atomic E-state index is 0.0257. The number of aliphatic hydroxyl groups is 1. The number of benzene rings is 2. The summed E-state index contributed by atoms with van der Waals surface area (Å²) in [6.45, 7) is 15.9. The summed E-state index contributed by atoms with van der Waals surface area (Å²) in [7, 11) is 5.70. The molecule has 0 unspecified atom stereocenters. The van der Waals surface area contributed by atoms with Crippen molar-refractivity contribution >= 4 is 59.1 Å². The summed E-state index contributed by atoms with van der Waals surface area (Å²) in [5, 5.41) is 22.5. The molecule has 0 radical (unpaired) electrons. The van der Waals surface area contributed by atoms with Crippen molar-refractivity contribution in [3.05, 3.63) is 71.8 Å². The second kappa shape index (κ2) is 29.2. The molecular weight excluding hydrogens is 1040 g/mol. The van der Waals surface area contributed by atoms with Gasteiger partial charge in [0.1, 0.15) is 60.4 Å². The molecule has 3 saturated heterocycles. The molecule has 5 rings (SSSR count). The van der Waals surface area contributed by atoms with Gasteiger partial charge in [-0.05, 0) is 94.6 Å². The second-order valence-electron chi connectivity index (χ2n) is 23.7. The molecule has 0 aromatic heterocycles. The van der Waals surface area contributed by atoms with Crippen LogP contribution in [0.15, 0.2) is 60.7 Å². The van der Waals surface area contributed by atoms with E-state index in [1.807, 2.05) is 59.7 Å². The summed E-state index contributed by atoms with van der Waals surface area (Å²) in [5.41, 5.74) is 1.39. The number of hydrogen-bond donors (Lipinski definition) is 5. The molecule has 0 spiro atoms. The van der Waals surface area contributed by atoms with Gasteiger partial charge in [0.2, 0.25) is 59.1 Å². The summed E-state index contributed by atoms with van der Waals surface area (Å²) in [4.78, 5) is 154. The van der Waals surface area contributed by atoms with Crippen LogP contribution in [0.2, 0.25) is 0 Å². The molecule has 21 heteroatoms. The number of likely N-dealkylation sites (N-methyl/N-ethyl adjacent to an activating group) is 4. The largest absolute Gasteiger partial charge is 0.391 e. The number of nitrogens with one attached hydrogen (secondary N) is 4. The Morgan fingerprint density at radius 1 is 0.444 bits per heavy atom. The van der Waals surface area contributed by atoms with Crippen LogP contribution in [0.1, 0.15) is 118 Å². The Balaban J connectivity index is 1.60. The number of carbonyl (C=O) groups excluding carboxylic acids is 10. The first kappa shape index (κ1) is 64.9. The minimum atomic E-state index is -1.61. The Bertz CT molecular complexity index is 2550. The van der Waals surface area contributed by atoms with Crippen molar-refractivity contribution in [1.82, 2.24) is 50.7 Å². The lowest BCUT2D eigenvalue weighted by molar-refractivity contribution is -0.150. The van der Waals surface area contributed by atoms with Crippen LogP contribution < -0.4 is 21.3 Å². The summed E-state index contributed by atoms with van der Waals surface area (Å²) in [5.74, 6) is -6.77. The van der Waals surface area contributed by atoms with Gasteiger partial charge >= 0.3 is 0 Å². The van der Waals surface area contributed by atoms with E-state index in [0.29, 0.717) is 18.4 Å². The fraction of sp³-hybridized carbons (Fsp3) is 0.633. The molecule has 446 valence electrons. The van der Waals surface area contributed by atoms with Crippen LogP contribution in [0.25, 0.3) is 0 Å². The van der Waals surface area contributed by atoms with Crippen molar-refractivity contribution in [3.8, 4) is 0 Å². The monoisotopic (exact) mass is 1130 g/mol. The quantitative estimate of drug-likeness (QED) is 0.218. The molecule has 10 amide bonds. The third kappa shape index (κ3) is 16.6. The third-order valence-electron chi connectivity index (χ3n) is 16.0. The number of aliphatic hydroxyl groups excluding tert-OH is 1. The van der Waals surface area contributed by atoms with E-state index in [9.17, 15) is 53.1 Å². The van der Waals surface area contributed by atoms with Gasteiger partial charge in [-0.15, -0.1) is 0 Å². The Morgan fingerprint density at radius 2 is 0.778 bits per heavy atom. The summed E-state index contributed by atoms with van der Waals surface area (Å²) < 4.78 is 0. The van der Waals surface area contributed by atoms with Crippen LogP contribution in [-0.2, 0) is 60.8 Å². The zero-order valence-electron chi connectivity index (χ0n) is 49.8. The van der Waals surface area contributed by atoms with Crippen molar-refractivity contribution < 1.29 is 53.1 Å². The van der Waals surface area contributed by atoms with Gasteiger partial charge < -0.3 is 55.8 Å². The van der Waals surface area contributed by atoms with Gasteiger partial charge in [0, 0.05) is 54.1 Å². The molecule has 3 aliphatic heterocycles. The molecule has 5 N–H and O–H groups in total. The lowest BCUT2D eigenvalue weighted by Crippen LogP contribution is -2.62. The number of rotatable bonds is 11. The van der Waals surface area contributed by atoms with Gasteiger partial charge in [0.25, 0.3) is 0 Å². The average molecular weight is 1130 g/mol. The molecule has 0 saturated carbocycles. The first-order valence-corrected chi connectivity index (χ1v) is 28.8. The second-order valence-corrected chi connectivity index (χ2v) is 23.7. The van der Waals surface area contributed by atoms with Gasteiger partial charge in [-0.1, -0.05) is 102 Å².